The van der Waals surface area contributed by atoms with Gasteiger partial charge >= 0.3 is 0 Å². The van der Waals surface area contributed by atoms with E-state index in [2.05, 4.69) is 25.6 Å². The van der Waals surface area contributed by atoms with Crippen molar-refractivity contribution in [2.24, 2.45) is 5.92 Å². The van der Waals surface area contributed by atoms with Crippen LogP contribution in [0.25, 0.3) is 22.3 Å². The minimum atomic E-state index is -2.69. The van der Waals surface area contributed by atoms with Gasteiger partial charge in [-0.3, -0.25) is 9.59 Å². The third kappa shape index (κ3) is 5.85. The SMILES string of the molecule is Cc1[nH]c2c(-c3cc(C(F)F)ccc3OCC3CC3)ncnc2c1C(=O)N[C@@H]1CC[C@@H](NC(=O)CO)C[C@H]1F. The standard InChI is InChI=1S/C27H30F3N5O4/c1-13-22(27(38)35-19-6-5-16(9-18(19)28)34-21(37)10-36)24-25(33-13)23(31-12-32-24)17-8-15(26(29)30)4-7-20(17)39-11-14-2-3-14/h4,7-8,12,14,16,18-19,26,33,36H,2-3,5-6,9-11H2,1H3,(H,34,37)(H,35,38)/t16-,18-,19-/m1/s1. The summed E-state index contributed by atoms with van der Waals surface area (Å²) in [6.07, 6.45) is 0.0586. The molecule has 39 heavy (non-hydrogen) atoms. The van der Waals surface area contributed by atoms with Crippen molar-refractivity contribution in [2.75, 3.05) is 13.2 Å². The molecule has 2 saturated carbocycles. The minimum Gasteiger partial charge on any atom is -0.493 e. The molecule has 0 saturated heterocycles. The summed E-state index contributed by atoms with van der Waals surface area (Å²) in [6.45, 7) is 1.48. The number of carbonyl (C=O) groups is 2. The Kier molecular flexibility index (Phi) is 7.74. The van der Waals surface area contributed by atoms with Crippen LogP contribution < -0.4 is 15.4 Å². The molecule has 2 amide bonds. The van der Waals surface area contributed by atoms with Crippen molar-refractivity contribution >= 4 is 22.8 Å². The van der Waals surface area contributed by atoms with Crippen molar-refractivity contribution in [1.82, 2.24) is 25.6 Å². The van der Waals surface area contributed by atoms with Crippen LogP contribution in [0.2, 0.25) is 0 Å². The summed E-state index contributed by atoms with van der Waals surface area (Å²) >= 11 is 0. The van der Waals surface area contributed by atoms with Gasteiger partial charge in [-0.1, -0.05) is 0 Å². The van der Waals surface area contributed by atoms with Gasteiger partial charge in [-0.25, -0.2) is 23.1 Å². The maximum Gasteiger partial charge on any atom is 0.263 e. The van der Waals surface area contributed by atoms with E-state index in [0.717, 1.165) is 12.8 Å². The van der Waals surface area contributed by atoms with Gasteiger partial charge < -0.3 is 25.5 Å². The fourth-order valence-corrected chi connectivity index (χ4v) is 5.01. The lowest BCUT2D eigenvalue weighted by molar-refractivity contribution is -0.124. The molecule has 0 radical (unpaired) electrons. The lowest BCUT2D eigenvalue weighted by Crippen LogP contribution is -2.50. The summed E-state index contributed by atoms with van der Waals surface area (Å²) in [7, 11) is 0. The first-order valence-corrected chi connectivity index (χ1v) is 13.0. The third-order valence-electron chi connectivity index (χ3n) is 7.28. The van der Waals surface area contributed by atoms with Gasteiger partial charge in [0.05, 0.1) is 23.7 Å². The van der Waals surface area contributed by atoms with E-state index in [0.29, 0.717) is 53.6 Å². The van der Waals surface area contributed by atoms with Gasteiger partial charge in [0.15, 0.2) is 0 Å². The normalized spacial score (nSPS) is 21.2. The second-order valence-electron chi connectivity index (χ2n) is 10.2. The highest BCUT2D eigenvalue weighted by Crippen LogP contribution is 2.38. The number of amides is 2. The molecule has 12 heteroatoms. The van der Waals surface area contributed by atoms with Crippen molar-refractivity contribution in [1.29, 1.82) is 0 Å². The number of fused-ring (bicyclic) bond motifs is 1. The molecule has 1 aromatic carbocycles. The van der Waals surface area contributed by atoms with Crippen LogP contribution >= 0.6 is 0 Å². The summed E-state index contributed by atoms with van der Waals surface area (Å²) in [5.41, 5.74) is 1.84. The number of ether oxygens (including phenoxy) is 1. The Morgan fingerprint density at radius 3 is 2.67 bits per heavy atom. The topological polar surface area (TPSA) is 129 Å². The first-order valence-electron chi connectivity index (χ1n) is 13.0. The summed E-state index contributed by atoms with van der Waals surface area (Å²) in [6, 6.07) is 2.99. The van der Waals surface area contributed by atoms with Gasteiger partial charge in [0.25, 0.3) is 12.3 Å². The molecule has 208 valence electrons. The number of aliphatic hydroxyl groups excluding tert-OH is 1. The highest BCUT2D eigenvalue weighted by Gasteiger charge is 2.33. The fourth-order valence-electron chi connectivity index (χ4n) is 5.01. The minimum absolute atomic E-state index is 0.0139. The van der Waals surface area contributed by atoms with E-state index in [1.54, 1.807) is 6.92 Å². The number of alkyl halides is 3. The zero-order valence-corrected chi connectivity index (χ0v) is 21.3. The van der Waals surface area contributed by atoms with Gasteiger partial charge in [-0.15, -0.1) is 0 Å². The number of aryl methyl sites for hydroxylation is 1. The van der Waals surface area contributed by atoms with Crippen LogP contribution in [-0.2, 0) is 4.79 Å². The molecule has 0 unspecified atom stereocenters. The summed E-state index contributed by atoms with van der Waals surface area (Å²) in [5.74, 6) is -0.239. The van der Waals surface area contributed by atoms with Crippen molar-refractivity contribution in [3.8, 4) is 17.0 Å². The Bertz CT molecular complexity index is 1380. The highest BCUT2D eigenvalue weighted by atomic mass is 19.3. The van der Waals surface area contributed by atoms with Crippen molar-refractivity contribution in [3.05, 3.63) is 41.3 Å². The Balaban J connectivity index is 1.42. The van der Waals surface area contributed by atoms with E-state index in [9.17, 15) is 22.8 Å². The average molecular weight is 546 g/mol. The first kappa shape index (κ1) is 26.9. The Labute approximate surface area is 222 Å². The summed E-state index contributed by atoms with van der Waals surface area (Å²) in [5, 5.41) is 14.2. The predicted molar refractivity (Wildman–Crippen MR) is 136 cm³/mol. The lowest BCUT2D eigenvalue weighted by atomic mass is 9.89. The zero-order valence-electron chi connectivity index (χ0n) is 21.3. The van der Waals surface area contributed by atoms with Crippen molar-refractivity contribution in [3.63, 3.8) is 0 Å². The lowest BCUT2D eigenvalue weighted by Gasteiger charge is -2.32. The van der Waals surface area contributed by atoms with Crippen LogP contribution in [0.1, 0.15) is 60.1 Å². The maximum atomic E-state index is 14.9. The second kappa shape index (κ2) is 11.2. The number of H-pyrrole nitrogens is 1. The Morgan fingerprint density at radius 2 is 1.97 bits per heavy atom. The molecule has 2 aliphatic carbocycles. The smallest absolute Gasteiger partial charge is 0.263 e. The van der Waals surface area contributed by atoms with E-state index < -0.39 is 43.1 Å². The monoisotopic (exact) mass is 545 g/mol. The molecule has 0 bridgehead atoms. The van der Waals surface area contributed by atoms with Crippen molar-refractivity contribution < 1.29 is 32.6 Å². The number of aliphatic hydroxyl groups is 1. The molecular weight excluding hydrogens is 515 g/mol. The van der Waals surface area contributed by atoms with E-state index in [4.69, 9.17) is 9.84 Å². The van der Waals surface area contributed by atoms with Gasteiger partial charge in [0.2, 0.25) is 5.91 Å². The average Bonchev–Trinajstić information content (AvgIpc) is 3.68. The number of nitrogens with zero attached hydrogens (tertiary/aromatic N) is 2. The molecular formula is C27H30F3N5O4. The maximum absolute atomic E-state index is 14.9. The molecule has 4 N–H and O–H groups in total. The van der Waals surface area contributed by atoms with Crippen LogP contribution in [0.15, 0.2) is 24.5 Å². The molecule has 5 rings (SSSR count). The number of hydrogen-bond donors (Lipinski definition) is 4. The second-order valence-corrected chi connectivity index (χ2v) is 10.2. The molecule has 2 fully saturated rings. The molecule has 3 atom stereocenters. The van der Waals surface area contributed by atoms with Gasteiger partial charge in [0.1, 0.15) is 36.1 Å². The largest absolute Gasteiger partial charge is 0.493 e. The number of benzene rings is 1. The highest BCUT2D eigenvalue weighted by molar-refractivity contribution is 6.09. The predicted octanol–water partition coefficient (Wildman–Crippen LogP) is 3.76. The van der Waals surface area contributed by atoms with Crippen LogP contribution in [0.4, 0.5) is 13.2 Å². The van der Waals surface area contributed by atoms with Gasteiger partial charge in [-0.2, -0.15) is 0 Å². The zero-order chi connectivity index (χ0) is 27.7. The molecule has 3 aromatic rings. The Hall–Kier alpha value is -3.67. The van der Waals surface area contributed by atoms with E-state index in [1.807, 2.05) is 0 Å². The van der Waals surface area contributed by atoms with Crippen LogP contribution in [0, 0.1) is 12.8 Å². The summed E-state index contributed by atoms with van der Waals surface area (Å²) < 4.78 is 48.0. The third-order valence-corrected chi connectivity index (χ3v) is 7.28. The number of rotatable bonds is 9. The number of nitrogens with one attached hydrogen (secondary N) is 3. The molecule has 0 aliphatic heterocycles. The van der Waals surface area contributed by atoms with Crippen molar-refractivity contribution in [2.45, 2.75) is 63.7 Å². The van der Waals surface area contributed by atoms with Crippen LogP contribution in [0.3, 0.4) is 0 Å². The van der Waals surface area contributed by atoms with Gasteiger partial charge in [0, 0.05) is 29.3 Å². The molecule has 2 aliphatic rings. The number of carbonyl (C=O) groups excluding carboxylic acids is 2. The molecule has 9 nitrogen and oxygen atoms in total. The van der Waals surface area contributed by atoms with Crippen LogP contribution in [-0.4, -0.2) is 63.3 Å². The van der Waals surface area contributed by atoms with E-state index in [-0.39, 0.29) is 23.1 Å². The van der Waals surface area contributed by atoms with E-state index in [1.165, 1.54) is 24.5 Å². The van der Waals surface area contributed by atoms with E-state index >= 15 is 0 Å². The number of aromatic amines is 1. The van der Waals surface area contributed by atoms with Gasteiger partial charge in [-0.05, 0) is 56.7 Å². The number of aromatic nitrogens is 3. The molecule has 0 spiro atoms. The number of hydrogen-bond acceptors (Lipinski definition) is 6. The fraction of sp³-hybridized carbons (Fsp3) is 0.481. The first-order chi connectivity index (χ1) is 18.7. The molecule has 2 heterocycles. The summed E-state index contributed by atoms with van der Waals surface area (Å²) in [4.78, 5) is 36.5. The van der Waals surface area contributed by atoms with Crippen LogP contribution in [0.5, 0.6) is 5.75 Å². The molecule has 2 aromatic heterocycles. The quantitative estimate of drug-likeness (QED) is 0.324. The number of halogens is 3. The Morgan fingerprint density at radius 1 is 1.18 bits per heavy atom.